The van der Waals surface area contributed by atoms with Crippen molar-refractivity contribution < 1.29 is 0 Å². The lowest BCUT2D eigenvalue weighted by Crippen LogP contribution is -2.55. The van der Waals surface area contributed by atoms with Crippen molar-refractivity contribution >= 4 is 22.9 Å². The molecule has 0 amide bonds. The predicted molar refractivity (Wildman–Crippen MR) is 88.5 cm³/mol. The van der Waals surface area contributed by atoms with E-state index in [1.807, 2.05) is 6.07 Å². The van der Waals surface area contributed by atoms with E-state index in [0.717, 1.165) is 25.2 Å². The van der Waals surface area contributed by atoms with E-state index < -0.39 is 0 Å². The van der Waals surface area contributed by atoms with Gasteiger partial charge in [0, 0.05) is 36.9 Å². The molecule has 1 aromatic carbocycles. The number of piperidine rings is 1. The Bertz CT molecular complexity index is 514. The summed E-state index contributed by atoms with van der Waals surface area (Å²) in [4.78, 5) is 5.66. The number of hydrogen-bond donors (Lipinski definition) is 1. The highest BCUT2D eigenvalue weighted by atomic mass is 32.1. The first-order valence-electron chi connectivity index (χ1n) is 7.55. The molecule has 3 rings (SSSR count). The third-order valence-electron chi connectivity index (χ3n) is 4.66. The molecule has 2 N–H and O–H groups in total. The van der Waals surface area contributed by atoms with Crippen molar-refractivity contribution in [3.05, 3.63) is 29.3 Å². The van der Waals surface area contributed by atoms with Crippen molar-refractivity contribution in [2.75, 3.05) is 31.1 Å². The Morgan fingerprint density at radius 2 is 2.10 bits per heavy atom. The molecule has 2 aliphatic heterocycles. The van der Waals surface area contributed by atoms with Crippen LogP contribution in [-0.4, -0.2) is 42.1 Å². The minimum Gasteiger partial charge on any atom is -0.389 e. The van der Waals surface area contributed by atoms with Gasteiger partial charge in [0.05, 0.1) is 0 Å². The first-order chi connectivity index (χ1) is 9.66. The van der Waals surface area contributed by atoms with E-state index in [1.165, 1.54) is 37.1 Å². The molecule has 1 unspecified atom stereocenters. The van der Waals surface area contributed by atoms with E-state index >= 15 is 0 Å². The van der Waals surface area contributed by atoms with Gasteiger partial charge in [0.15, 0.2) is 0 Å². The van der Waals surface area contributed by atoms with Gasteiger partial charge in [0.1, 0.15) is 4.99 Å². The zero-order valence-electron chi connectivity index (χ0n) is 12.1. The molecule has 2 saturated heterocycles. The summed E-state index contributed by atoms with van der Waals surface area (Å²) in [5.41, 5.74) is 9.48. The van der Waals surface area contributed by atoms with Crippen LogP contribution in [0.15, 0.2) is 18.2 Å². The minimum atomic E-state index is 0.509. The summed E-state index contributed by atoms with van der Waals surface area (Å²) in [5, 5.41) is 0. The van der Waals surface area contributed by atoms with E-state index in [-0.39, 0.29) is 0 Å². The van der Waals surface area contributed by atoms with E-state index in [4.69, 9.17) is 18.0 Å². The van der Waals surface area contributed by atoms with Crippen LogP contribution in [0, 0.1) is 6.92 Å². The normalized spacial score (nSPS) is 23.4. The number of nitrogens with two attached hydrogens (primary N) is 1. The highest BCUT2D eigenvalue weighted by Crippen LogP contribution is 2.30. The van der Waals surface area contributed by atoms with Crippen molar-refractivity contribution in [2.45, 2.75) is 32.2 Å². The fraction of sp³-hybridized carbons (Fsp3) is 0.562. The van der Waals surface area contributed by atoms with Crippen LogP contribution in [0.25, 0.3) is 0 Å². The molecule has 2 aliphatic rings. The van der Waals surface area contributed by atoms with Gasteiger partial charge >= 0.3 is 0 Å². The van der Waals surface area contributed by atoms with Gasteiger partial charge in [0.25, 0.3) is 0 Å². The number of anilines is 1. The molecule has 2 heterocycles. The van der Waals surface area contributed by atoms with E-state index in [9.17, 15) is 0 Å². The Kier molecular flexibility index (Phi) is 3.94. The maximum absolute atomic E-state index is 5.92. The van der Waals surface area contributed by atoms with Crippen LogP contribution < -0.4 is 10.6 Å². The van der Waals surface area contributed by atoms with Crippen LogP contribution in [0.1, 0.15) is 30.4 Å². The fourth-order valence-electron chi connectivity index (χ4n) is 3.64. The zero-order chi connectivity index (χ0) is 14.1. The van der Waals surface area contributed by atoms with Crippen molar-refractivity contribution in [3.8, 4) is 0 Å². The van der Waals surface area contributed by atoms with Crippen LogP contribution in [0.5, 0.6) is 0 Å². The van der Waals surface area contributed by atoms with Crippen LogP contribution in [-0.2, 0) is 0 Å². The SMILES string of the molecule is Cc1cccc(C(N)=S)c1N1CCN2CCCCC2C1. The summed E-state index contributed by atoms with van der Waals surface area (Å²) in [6.07, 6.45) is 4.05. The lowest BCUT2D eigenvalue weighted by Gasteiger charge is -2.45. The molecular weight excluding hydrogens is 266 g/mol. The van der Waals surface area contributed by atoms with Gasteiger partial charge < -0.3 is 10.6 Å². The Morgan fingerprint density at radius 3 is 2.90 bits per heavy atom. The lowest BCUT2D eigenvalue weighted by atomic mass is 9.97. The van der Waals surface area contributed by atoms with Crippen LogP contribution in [0.4, 0.5) is 5.69 Å². The number of piperazine rings is 1. The van der Waals surface area contributed by atoms with Gasteiger partial charge in [-0.3, -0.25) is 4.90 Å². The molecule has 3 nitrogen and oxygen atoms in total. The topological polar surface area (TPSA) is 32.5 Å². The molecule has 0 spiro atoms. The molecule has 0 aromatic heterocycles. The maximum Gasteiger partial charge on any atom is 0.106 e. The van der Waals surface area contributed by atoms with Crippen molar-refractivity contribution in [3.63, 3.8) is 0 Å². The molecule has 0 saturated carbocycles. The molecule has 1 atom stereocenters. The van der Waals surface area contributed by atoms with E-state index in [0.29, 0.717) is 11.0 Å². The second-order valence-electron chi connectivity index (χ2n) is 5.97. The van der Waals surface area contributed by atoms with Crippen LogP contribution in [0.3, 0.4) is 0 Å². The third kappa shape index (κ3) is 2.54. The number of para-hydroxylation sites is 1. The number of fused-ring (bicyclic) bond motifs is 1. The summed E-state index contributed by atoms with van der Waals surface area (Å²) >= 11 is 5.23. The Balaban J connectivity index is 1.88. The molecule has 20 heavy (non-hydrogen) atoms. The van der Waals surface area contributed by atoms with Gasteiger partial charge in [-0.05, 0) is 37.9 Å². The number of nitrogens with zero attached hydrogens (tertiary/aromatic N) is 2. The summed E-state index contributed by atoms with van der Waals surface area (Å²) in [7, 11) is 0. The van der Waals surface area contributed by atoms with Gasteiger partial charge in [-0.25, -0.2) is 0 Å². The quantitative estimate of drug-likeness (QED) is 0.847. The van der Waals surface area contributed by atoms with Crippen molar-refractivity contribution in [1.82, 2.24) is 4.90 Å². The fourth-order valence-corrected chi connectivity index (χ4v) is 3.80. The lowest BCUT2D eigenvalue weighted by molar-refractivity contribution is 0.133. The first-order valence-corrected chi connectivity index (χ1v) is 7.96. The summed E-state index contributed by atoms with van der Waals surface area (Å²) < 4.78 is 0. The largest absolute Gasteiger partial charge is 0.389 e. The molecule has 1 aromatic rings. The molecule has 108 valence electrons. The molecule has 2 fully saturated rings. The highest BCUT2D eigenvalue weighted by molar-refractivity contribution is 7.80. The van der Waals surface area contributed by atoms with Crippen LogP contribution >= 0.6 is 12.2 Å². The number of hydrogen-bond acceptors (Lipinski definition) is 3. The van der Waals surface area contributed by atoms with Gasteiger partial charge in [-0.2, -0.15) is 0 Å². The Hall–Kier alpha value is -1.13. The summed E-state index contributed by atoms with van der Waals surface area (Å²) in [6, 6.07) is 6.96. The molecule has 0 aliphatic carbocycles. The second kappa shape index (κ2) is 5.70. The molecule has 0 bridgehead atoms. The standard InChI is InChI=1S/C16H23N3S/c1-12-5-4-7-14(16(17)20)15(12)19-10-9-18-8-3-2-6-13(18)11-19/h4-5,7,13H,2-3,6,8-11H2,1H3,(H2,17,20). The van der Waals surface area contributed by atoms with Crippen LogP contribution in [0.2, 0.25) is 0 Å². The molecule has 4 heteroatoms. The van der Waals surface area contributed by atoms with E-state index in [2.05, 4.69) is 28.9 Å². The van der Waals surface area contributed by atoms with Gasteiger partial charge in [-0.1, -0.05) is 30.8 Å². The Labute approximate surface area is 126 Å². The zero-order valence-corrected chi connectivity index (χ0v) is 13.0. The Morgan fingerprint density at radius 1 is 1.25 bits per heavy atom. The number of aryl methyl sites for hydroxylation is 1. The maximum atomic E-state index is 5.92. The minimum absolute atomic E-state index is 0.509. The van der Waals surface area contributed by atoms with Gasteiger partial charge in [0.2, 0.25) is 0 Å². The van der Waals surface area contributed by atoms with Crippen molar-refractivity contribution in [1.29, 1.82) is 0 Å². The smallest absolute Gasteiger partial charge is 0.106 e. The van der Waals surface area contributed by atoms with Crippen molar-refractivity contribution in [2.24, 2.45) is 5.73 Å². The first kappa shape index (κ1) is 13.8. The summed E-state index contributed by atoms with van der Waals surface area (Å²) in [5.74, 6) is 0. The third-order valence-corrected chi connectivity index (χ3v) is 4.88. The monoisotopic (exact) mass is 289 g/mol. The molecular formula is C16H23N3S. The van der Waals surface area contributed by atoms with Gasteiger partial charge in [-0.15, -0.1) is 0 Å². The number of rotatable bonds is 2. The molecule has 0 radical (unpaired) electrons. The average molecular weight is 289 g/mol. The predicted octanol–water partition coefficient (Wildman–Crippen LogP) is 2.30. The average Bonchev–Trinajstić information content (AvgIpc) is 2.46. The number of thiocarbonyl (C=S) groups is 1. The highest BCUT2D eigenvalue weighted by Gasteiger charge is 2.30. The van der Waals surface area contributed by atoms with E-state index in [1.54, 1.807) is 0 Å². The second-order valence-corrected chi connectivity index (χ2v) is 6.41. The number of benzene rings is 1. The summed E-state index contributed by atoms with van der Waals surface area (Å²) in [6.45, 7) is 6.78.